The molecule has 1 heterocycles. The van der Waals surface area contributed by atoms with E-state index in [4.69, 9.17) is 5.73 Å². The van der Waals surface area contributed by atoms with Crippen LogP contribution in [0.5, 0.6) is 0 Å². The molecule has 0 spiro atoms. The monoisotopic (exact) mass is 313 g/mol. The van der Waals surface area contributed by atoms with Crippen molar-refractivity contribution in [3.05, 3.63) is 59.3 Å². The number of benzene rings is 2. The lowest BCUT2D eigenvalue weighted by molar-refractivity contribution is 1.36. The van der Waals surface area contributed by atoms with Gasteiger partial charge in [-0.15, -0.1) is 0 Å². The fraction of sp³-hybridized carbons (Fsp3) is 0. The molecule has 3 N–H and O–H groups in total. The van der Waals surface area contributed by atoms with Gasteiger partial charge in [0.25, 0.3) is 0 Å². The first-order valence-electron chi connectivity index (χ1n) is 5.89. The molecule has 1 aromatic heterocycles. The van der Waals surface area contributed by atoms with Crippen LogP contribution >= 0.6 is 15.9 Å². The number of halogens is 1. The van der Waals surface area contributed by atoms with Crippen LogP contribution in [0.4, 0.5) is 17.1 Å². The first-order valence-corrected chi connectivity index (χ1v) is 6.68. The lowest BCUT2D eigenvalue weighted by Crippen LogP contribution is -1.96. The Morgan fingerprint density at radius 2 is 1.95 bits per heavy atom. The molecule has 0 aliphatic carbocycles. The van der Waals surface area contributed by atoms with Gasteiger partial charge in [0.05, 0.1) is 11.4 Å². The van der Waals surface area contributed by atoms with Crippen LogP contribution in [0.2, 0.25) is 0 Å². The van der Waals surface area contributed by atoms with Gasteiger partial charge in [-0.3, -0.25) is 4.98 Å². The molecule has 0 atom stereocenters. The van der Waals surface area contributed by atoms with Crippen molar-refractivity contribution in [2.75, 3.05) is 11.1 Å². The first-order chi connectivity index (χ1) is 9.24. The molecular weight excluding hydrogens is 302 g/mol. The molecule has 3 aromatic rings. The molecule has 94 valence electrons. The van der Waals surface area contributed by atoms with Crippen LogP contribution in [0.3, 0.4) is 0 Å². The Morgan fingerprint density at radius 1 is 1.05 bits per heavy atom. The van der Waals surface area contributed by atoms with Gasteiger partial charge in [0.1, 0.15) is 0 Å². The van der Waals surface area contributed by atoms with E-state index in [0.29, 0.717) is 5.69 Å². The zero-order valence-electron chi connectivity index (χ0n) is 10.1. The van der Waals surface area contributed by atoms with Crippen LogP contribution in [0.25, 0.3) is 10.8 Å². The van der Waals surface area contributed by atoms with E-state index < -0.39 is 0 Å². The summed E-state index contributed by atoms with van der Waals surface area (Å²) in [6, 6.07) is 14.0. The fourth-order valence-electron chi connectivity index (χ4n) is 1.96. The Bertz CT molecular complexity index is 740. The van der Waals surface area contributed by atoms with Gasteiger partial charge in [0.2, 0.25) is 0 Å². The maximum absolute atomic E-state index is 6.02. The number of nitrogens with one attached hydrogen (secondary N) is 1. The fourth-order valence-corrected chi connectivity index (χ4v) is 2.33. The zero-order valence-corrected chi connectivity index (χ0v) is 11.7. The number of aromatic nitrogens is 1. The van der Waals surface area contributed by atoms with Crippen LogP contribution < -0.4 is 11.1 Å². The molecule has 3 nitrogen and oxygen atoms in total. The van der Waals surface area contributed by atoms with E-state index >= 15 is 0 Å². The Hall–Kier alpha value is -2.07. The van der Waals surface area contributed by atoms with E-state index in [1.54, 1.807) is 6.20 Å². The lowest BCUT2D eigenvalue weighted by Gasteiger charge is -2.11. The summed E-state index contributed by atoms with van der Waals surface area (Å²) < 4.78 is 0.891. The van der Waals surface area contributed by atoms with Gasteiger partial charge in [0, 0.05) is 27.9 Å². The number of nitrogens with two attached hydrogens (primary N) is 1. The third-order valence-corrected chi connectivity index (χ3v) is 3.66. The van der Waals surface area contributed by atoms with Gasteiger partial charge >= 0.3 is 0 Å². The SMILES string of the molecule is Nc1c(Br)cccc1Nc1ccc2cnccc2c1. The largest absolute Gasteiger partial charge is 0.396 e. The van der Waals surface area contributed by atoms with Gasteiger partial charge < -0.3 is 11.1 Å². The van der Waals surface area contributed by atoms with Crippen molar-refractivity contribution >= 4 is 43.8 Å². The summed E-state index contributed by atoms with van der Waals surface area (Å²) in [5.41, 5.74) is 8.62. The molecule has 0 bridgehead atoms. The van der Waals surface area contributed by atoms with Crippen LogP contribution in [0, 0.1) is 0 Å². The Balaban J connectivity index is 1.99. The second-order valence-electron chi connectivity index (χ2n) is 4.26. The number of nitrogens with zero attached hydrogens (tertiary/aromatic N) is 1. The average Bonchev–Trinajstić information content (AvgIpc) is 2.44. The molecule has 0 unspecified atom stereocenters. The van der Waals surface area contributed by atoms with Crippen molar-refractivity contribution in [3.63, 3.8) is 0 Å². The number of fused-ring (bicyclic) bond motifs is 1. The molecule has 0 aliphatic rings. The molecule has 4 heteroatoms. The van der Waals surface area contributed by atoms with Gasteiger partial charge in [-0.05, 0) is 51.6 Å². The van der Waals surface area contributed by atoms with Crippen LogP contribution in [-0.2, 0) is 0 Å². The third-order valence-electron chi connectivity index (χ3n) is 2.97. The number of para-hydroxylation sites is 1. The van der Waals surface area contributed by atoms with Crippen molar-refractivity contribution < 1.29 is 0 Å². The van der Waals surface area contributed by atoms with Crippen LogP contribution in [0.15, 0.2) is 59.3 Å². The molecule has 0 fully saturated rings. The van der Waals surface area contributed by atoms with Gasteiger partial charge in [-0.25, -0.2) is 0 Å². The first kappa shape index (κ1) is 12.0. The van der Waals surface area contributed by atoms with Crippen molar-refractivity contribution in [2.24, 2.45) is 0 Å². The normalized spacial score (nSPS) is 10.6. The molecular formula is C15H12BrN3. The highest BCUT2D eigenvalue weighted by molar-refractivity contribution is 9.10. The topological polar surface area (TPSA) is 50.9 Å². The minimum Gasteiger partial charge on any atom is -0.396 e. The standard InChI is InChI=1S/C15H12BrN3/c16-13-2-1-3-14(15(13)17)19-12-5-4-11-9-18-7-6-10(11)8-12/h1-9,19H,17H2. The summed E-state index contributed by atoms with van der Waals surface area (Å²) in [6.45, 7) is 0. The number of anilines is 3. The van der Waals surface area contributed by atoms with E-state index in [0.717, 1.165) is 26.6 Å². The molecule has 19 heavy (non-hydrogen) atoms. The van der Waals surface area contributed by atoms with Crippen molar-refractivity contribution in [2.45, 2.75) is 0 Å². The summed E-state index contributed by atoms with van der Waals surface area (Å²) in [6.07, 6.45) is 3.64. The van der Waals surface area contributed by atoms with Crippen molar-refractivity contribution in [1.29, 1.82) is 0 Å². The van der Waals surface area contributed by atoms with Crippen molar-refractivity contribution in [1.82, 2.24) is 4.98 Å². The molecule has 0 amide bonds. The summed E-state index contributed by atoms with van der Waals surface area (Å²) in [7, 11) is 0. The molecule has 0 aliphatic heterocycles. The average molecular weight is 314 g/mol. The highest BCUT2D eigenvalue weighted by atomic mass is 79.9. The minimum absolute atomic E-state index is 0.706. The maximum atomic E-state index is 6.02. The number of pyridine rings is 1. The van der Waals surface area contributed by atoms with Gasteiger partial charge in [-0.1, -0.05) is 12.1 Å². The predicted molar refractivity (Wildman–Crippen MR) is 83.6 cm³/mol. The summed E-state index contributed by atoms with van der Waals surface area (Å²) in [5, 5.41) is 5.60. The number of hydrogen-bond acceptors (Lipinski definition) is 3. The quantitative estimate of drug-likeness (QED) is 0.693. The van der Waals surface area contributed by atoms with Gasteiger partial charge in [-0.2, -0.15) is 0 Å². The number of hydrogen-bond donors (Lipinski definition) is 2. The Labute approximate surface area is 119 Å². The number of nitrogen functional groups attached to an aromatic ring is 1. The zero-order chi connectivity index (χ0) is 13.2. The lowest BCUT2D eigenvalue weighted by atomic mass is 10.1. The molecule has 3 rings (SSSR count). The maximum Gasteiger partial charge on any atom is 0.0697 e. The van der Waals surface area contributed by atoms with Gasteiger partial charge in [0.15, 0.2) is 0 Å². The van der Waals surface area contributed by atoms with Crippen LogP contribution in [0.1, 0.15) is 0 Å². The van der Waals surface area contributed by atoms with Crippen LogP contribution in [-0.4, -0.2) is 4.98 Å². The molecule has 0 saturated heterocycles. The second kappa shape index (κ2) is 4.90. The highest BCUT2D eigenvalue weighted by Crippen LogP contribution is 2.30. The van der Waals surface area contributed by atoms with E-state index in [1.807, 2.05) is 42.6 Å². The third kappa shape index (κ3) is 2.39. The summed E-state index contributed by atoms with van der Waals surface area (Å²) in [4.78, 5) is 4.11. The predicted octanol–water partition coefficient (Wildman–Crippen LogP) is 4.32. The van der Waals surface area contributed by atoms with E-state index in [2.05, 4.69) is 32.3 Å². The van der Waals surface area contributed by atoms with E-state index in [-0.39, 0.29) is 0 Å². The Kier molecular flexibility index (Phi) is 3.09. The summed E-state index contributed by atoms with van der Waals surface area (Å²) >= 11 is 3.43. The van der Waals surface area contributed by atoms with E-state index in [1.165, 1.54) is 0 Å². The van der Waals surface area contributed by atoms with Crippen molar-refractivity contribution in [3.8, 4) is 0 Å². The number of rotatable bonds is 2. The molecule has 0 saturated carbocycles. The molecule has 2 aromatic carbocycles. The highest BCUT2D eigenvalue weighted by Gasteiger charge is 2.03. The second-order valence-corrected chi connectivity index (χ2v) is 5.12. The smallest absolute Gasteiger partial charge is 0.0697 e. The minimum atomic E-state index is 0.706. The summed E-state index contributed by atoms with van der Waals surface area (Å²) in [5.74, 6) is 0. The molecule has 0 radical (unpaired) electrons. The van der Waals surface area contributed by atoms with E-state index in [9.17, 15) is 0 Å². The Morgan fingerprint density at radius 3 is 2.84 bits per heavy atom.